The second kappa shape index (κ2) is 5.54. The number of anilines is 1. The number of rotatable bonds is 6. The molecular weight excluding hydrogens is 208 g/mol. The second-order valence-corrected chi connectivity index (χ2v) is 5.36. The van der Waals surface area contributed by atoms with Gasteiger partial charge in [-0.15, -0.1) is 0 Å². The summed E-state index contributed by atoms with van der Waals surface area (Å²) in [7, 11) is 2.18. The van der Waals surface area contributed by atoms with Crippen LogP contribution in [0.5, 0.6) is 0 Å². The van der Waals surface area contributed by atoms with Crippen LogP contribution in [0.4, 0.5) is 5.69 Å². The molecule has 0 amide bonds. The molecule has 0 aliphatic heterocycles. The van der Waals surface area contributed by atoms with Crippen molar-refractivity contribution in [3.63, 3.8) is 0 Å². The van der Waals surface area contributed by atoms with E-state index in [1.54, 1.807) is 0 Å². The summed E-state index contributed by atoms with van der Waals surface area (Å²) in [6.45, 7) is 7.71. The van der Waals surface area contributed by atoms with E-state index in [1.807, 2.05) is 0 Å². The van der Waals surface area contributed by atoms with Crippen LogP contribution in [0.2, 0.25) is 0 Å². The van der Waals surface area contributed by atoms with E-state index in [9.17, 15) is 0 Å². The molecule has 0 atom stereocenters. The van der Waals surface area contributed by atoms with Gasteiger partial charge in [0.1, 0.15) is 0 Å². The van der Waals surface area contributed by atoms with E-state index in [-0.39, 0.29) is 0 Å². The summed E-state index contributed by atoms with van der Waals surface area (Å²) >= 11 is 0. The van der Waals surface area contributed by atoms with E-state index < -0.39 is 0 Å². The normalized spacial score (nSPS) is 15.0. The average Bonchev–Trinajstić information content (AvgIpc) is 3.08. The molecule has 0 aromatic heterocycles. The standard InChI is InChI=1S/C15H24N2/c1-12-4-7-15(13(2)10-12)17(3)9-8-16-11-14-5-6-14/h4,7,10,14,16H,5-6,8-9,11H2,1-3H3. The van der Waals surface area contributed by atoms with E-state index >= 15 is 0 Å². The molecule has 1 saturated carbocycles. The molecule has 1 aliphatic carbocycles. The molecule has 0 heterocycles. The van der Waals surface area contributed by atoms with Gasteiger partial charge in [-0.3, -0.25) is 0 Å². The van der Waals surface area contributed by atoms with E-state index in [2.05, 4.69) is 49.3 Å². The Hall–Kier alpha value is -1.02. The number of nitrogens with one attached hydrogen (secondary N) is 1. The highest BCUT2D eigenvalue weighted by atomic mass is 15.1. The maximum atomic E-state index is 3.54. The third-order valence-corrected chi connectivity index (χ3v) is 3.52. The highest BCUT2D eigenvalue weighted by Crippen LogP contribution is 2.27. The van der Waals surface area contributed by atoms with Crippen molar-refractivity contribution in [3.8, 4) is 0 Å². The van der Waals surface area contributed by atoms with Crippen LogP contribution in [0.3, 0.4) is 0 Å². The summed E-state index contributed by atoms with van der Waals surface area (Å²) in [5.41, 5.74) is 4.06. The Labute approximate surface area is 105 Å². The third-order valence-electron chi connectivity index (χ3n) is 3.52. The summed E-state index contributed by atoms with van der Waals surface area (Å²) < 4.78 is 0. The first-order chi connectivity index (χ1) is 8.16. The van der Waals surface area contributed by atoms with E-state index in [4.69, 9.17) is 0 Å². The lowest BCUT2D eigenvalue weighted by atomic mass is 10.1. The summed E-state index contributed by atoms with van der Waals surface area (Å²) in [6, 6.07) is 6.67. The monoisotopic (exact) mass is 232 g/mol. The Morgan fingerprint density at radius 1 is 1.29 bits per heavy atom. The molecule has 1 fully saturated rings. The van der Waals surface area contributed by atoms with Crippen LogP contribution in [0.15, 0.2) is 18.2 Å². The molecule has 2 nitrogen and oxygen atoms in total. The lowest BCUT2D eigenvalue weighted by Gasteiger charge is -2.22. The number of benzene rings is 1. The molecule has 2 rings (SSSR count). The van der Waals surface area contributed by atoms with Crippen molar-refractivity contribution in [2.24, 2.45) is 5.92 Å². The lowest BCUT2D eigenvalue weighted by Crippen LogP contribution is -2.30. The van der Waals surface area contributed by atoms with Gasteiger partial charge < -0.3 is 10.2 Å². The van der Waals surface area contributed by atoms with Gasteiger partial charge in [0.05, 0.1) is 0 Å². The van der Waals surface area contributed by atoms with Crippen LogP contribution >= 0.6 is 0 Å². The Balaban J connectivity index is 1.78. The van der Waals surface area contributed by atoms with Crippen LogP contribution in [-0.4, -0.2) is 26.7 Å². The third kappa shape index (κ3) is 3.74. The van der Waals surface area contributed by atoms with Crippen LogP contribution in [0, 0.1) is 19.8 Å². The molecule has 0 unspecified atom stereocenters. The maximum Gasteiger partial charge on any atom is 0.0393 e. The highest BCUT2D eigenvalue weighted by Gasteiger charge is 2.20. The zero-order valence-corrected chi connectivity index (χ0v) is 11.3. The first-order valence-electron chi connectivity index (χ1n) is 6.66. The largest absolute Gasteiger partial charge is 0.373 e. The predicted octanol–water partition coefficient (Wildman–Crippen LogP) is 2.74. The fraction of sp³-hybridized carbons (Fsp3) is 0.600. The molecule has 0 saturated heterocycles. The molecule has 1 aliphatic rings. The number of aryl methyl sites for hydroxylation is 2. The van der Waals surface area contributed by atoms with Gasteiger partial charge in [-0.25, -0.2) is 0 Å². The zero-order valence-electron chi connectivity index (χ0n) is 11.3. The van der Waals surface area contributed by atoms with Crippen molar-refractivity contribution in [1.29, 1.82) is 0 Å². The number of likely N-dealkylation sites (N-methyl/N-ethyl adjacent to an activating group) is 1. The van der Waals surface area contributed by atoms with Crippen molar-refractivity contribution in [1.82, 2.24) is 5.32 Å². The number of hydrogen-bond donors (Lipinski definition) is 1. The fourth-order valence-corrected chi connectivity index (χ4v) is 2.23. The molecule has 0 radical (unpaired) electrons. The number of hydrogen-bond acceptors (Lipinski definition) is 2. The van der Waals surface area contributed by atoms with Crippen LogP contribution in [0.1, 0.15) is 24.0 Å². The summed E-state index contributed by atoms with van der Waals surface area (Å²) in [5.74, 6) is 0.974. The smallest absolute Gasteiger partial charge is 0.0393 e. The van der Waals surface area contributed by atoms with Crippen molar-refractivity contribution < 1.29 is 0 Å². The minimum absolute atomic E-state index is 0.974. The molecule has 0 bridgehead atoms. The SMILES string of the molecule is Cc1ccc(N(C)CCNCC2CC2)c(C)c1. The van der Waals surface area contributed by atoms with Gasteiger partial charge in [-0.05, 0) is 50.8 Å². The van der Waals surface area contributed by atoms with Gasteiger partial charge in [-0.2, -0.15) is 0 Å². The average molecular weight is 232 g/mol. The molecular formula is C15H24N2. The van der Waals surface area contributed by atoms with E-state index in [1.165, 1.54) is 36.2 Å². The Kier molecular flexibility index (Phi) is 4.06. The summed E-state index contributed by atoms with van der Waals surface area (Å²) in [4.78, 5) is 2.34. The maximum absolute atomic E-state index is 3.54. The van der Waals surface area contributed by atoms with E-state index in [0.29, 0.717) is 0 Å². The van der Waals surface area contributed by atoms with E-state index in [0.717, 1.165) is 19.0 Å². The van der Waals surface area contributed by atoms with Gasteiger partial charge in [0.15, 0.2) is 0 Å². The minimum Gasteiger partial charge on any atom is -0.373 e. The van der Waals surface area contributed by atoms with Crippen molar-refractivity contribution >= 4 is 5.69 Å². The first-order valence-corrected chi connectivity index (χ1v) is 6.66. The lowest BCUT2D eigenvalue weighted by molar-refractivity contribution is 0.634. The molecule has 1 N–H and O–H groups in total. The first kappa shape index (κ1) is 12.4. The Morgan fingerprint density at radius 2 is 2.06 bits per heavy atom. The van der Waals surface area contributed by atoms with Crippen molar-refractivity contribution in [2.75, 3.05) is 31.6 Å². The Bertz CT molecular complexity index is 369. The van der Waals surface area contributed by atoms with Crippen LogP contribution < -0.4 is 10.2 Å². The van der Waals surface area contributed by atoms with Crippen molar-refractivity contribution in [3.05, 3.63) is 29.3 Å². The highest BCUT2D eigenvalue weighted by molar-refractivity contribution is 5.53. The molecule has 2 heteroatoms. The molecule has 1 aromatic carbocycles. The Morgan fingerprint density at radius 3 is 2.71 bits per heavy atom. The second-order valence-electron chi connectivity index (χ2n) is 5.36. The van der Waals surface area contributed by atoms with Crippen molar-refractivity contribution in [2.45, 2.75) is 26.7 Å². The topological polar surface area (TPSA) is 15.3 Å². The zero-order chi connectivity index (χ0) is 12.3. The van der Waals surface area contributed by atoms with Crippen LogP contribution in [0.25, 0.3) is 0 Å². The van der Waals surface area contributed by atoms with Gasteiger partial charge in [0.2, 0.25) is 0 Å². The molecule has 94 valence electrons. The molecule has 0 spiro atoms. The minimum atomic E-state index is 0.974. The molecule has 1 aromatic rings. The summed E-state index contributed by atoms with van der Waals surface area (Å²) in [5, 5.41) is 3.54. The van der Waals surface area contributed by atoms with Gasteiger partial charge in [0, 0.05) is 25.8 Å². The van der Waals surface area contributed by atoms with Gasteiger partial charge in [-0.1, -0.05) is 17.7 Å². The van der Waals surface area contributed by atoms with Crippen LogP contribution in [-0.2, 0) is 0 Å². The molecule has 17 heavy (non-hydrogen) atoms. The van der Waals surface area contributed by atoms with Gasteiger partial charge >= 0.3 is 0 Å². The quantitative estimate of drug-likeness (QED) is 0.759. The predicted molar refractivity (Wildman–Crippen MR) is 74.8 cm³/mol. The summed E-state index contributed by atoms with van der Waals surface area (Å²) in [6.07, 6.45) is 2.86. The fourth-order valence-electron chi connectivity index (χ4n) is 2.23. The van der Waals surface area contributed by atoms with Gasteiger partial charge in [0.25, 0.3) is 0 Å². The number of nitrogens with zero attached hydrogens (tertiary/aromatic N) is 1.